The molecule has 1 aliphatic carbocycles. The van der Waals surface area contributed by atoms with E-state index in [1.54, 1.807) is 24.2 Å². The first-order chi connectivity index (χ1) is 10.9. The van der Waals surface area contributed by atoms with Gasteiger partial charge in [0.25, 0.3) is 0 Å². The van der Waals surface area contributed by atoms with Gasteiger partial charge in [-0.2, -0.15) is 0 Å². The minimum absolute atomic E-state index is 0.532. The van der Waals surface area contributed by atoms with Gasteiger partial charge >= 0.3 is 0 Å². The van der Waals surface area contributed by atoms with Crippen LogP contribution in [0.4, 0.5) is 0 Å². The molecule has 0 atom stereocenters. The molecule has 1 aliphatic rings. The Morgan fingerprint density at radius 1 is 1.05 bits per heavy atom. The first-order valence-corrected chi connectivity index (χ1v) is 8.28. The van der Waals surface area contributed by atoms with Gasteiger partial charge < -0.3 is 0 Å². The molecule has 0 spiro atoms. The van der Waals surface area contributed by atoms with Crippen LogP contribution in [0.25, 0.3) is 11.4 Å². The third-order valence-corrected chi connectivity index (χ3v) is 4.57. The summed E-state index contributed by atoms with van der Waals surface area (Å²) in [6.45, 7) is 0. The Kier molecular flexibility index (Phi) is 3.60. The molecule has 110 valence electrons. The van der Waals surface area contributed by atoms with Crippen molar-refractivity contribution in [3.8, 4) is 11.4 Å². The molecule has 3 heterocycles. The molecule has 22 heavy (non-hydrogen) atoms. The highest BCUT2D eigenvalue weighted by Crippen LogP contribution is 2.41. The summed E-state index contributed by atoms with van der Waals surface area (Å²) in [5.41, 5.74) is 2.13. The molecule has 0 N–H and O–H groups in total. The summed E-state index contributed by atoms with van der Waals surface area (Å²) in [7, 11) is 0. The maximum atomic E-state index is 4.40. The molecule has 3 aromatic heterocycles. The predicted molar refractivity (Wildman–Crippen MR) is 85.3 cm³/mol. The largest absolute Gasteiger partial charge is 0.299 e. The monoisotopic (exact) mass is 309 g/mol. The molecule has 4 rings (SSSR count). The van der Waals surface area contributed by atoms with Crippen molar-refractivity contribution in [1.29, 1.82) is 0 Å². The van der Waals surface area contributed by atoms with Crippen LogP contribution in [0.1, 0.15) is 24.6 Å². The molecule has 0 aromatic carbocycles. The molecule has 3 aromatic rings. The summed E-state index contributed by atoms with van der Waals surface area (Å²) in [6.07, 6.45) is 7.81. The van der Waals surface area contributed by atoms with Gasteiger partial charge in [0.05, 0.1) is 5.69 Å². The lowest BCUT2D eigenvalue weighted by molar-refractivity contribution is 0.669. The van der Waals surface area contributed by atoms with E-state index < -0.39 is 0 Å². The van der Waals surface area contributed by atoms with E-state index in [9.17, 15) is 0 Å². The summed E-state index contributed by atoms with van der Waals surface area (Å²) in [6, 6.07) is 10.5. The molecule has 5 nitrogen and oxygen atoms in total. The molecule has 6 heteroatoms. The summed E-state index contributed by atoms with van der Waals surface area (Å²) in [5, 5.41) is 9.77. The molecule has 0 unspecified atom stereocenters. The van der Waals surface area contributed by atoms with Crippen LogP contribution in [0.5, 0.6) is 0 Å². The van der Waals surface area contributed by atoms with E-state index in [0.717, 1.165) is 28.0 Å². The molecule has 0 amide bonds. The van der Waals surface area contributed by atoms with Gasteiger partial charge in [-0.3, -0.25) is 14.5 Å². The van der Waals surface area contributed by atoms with Crippen molar-refractivity contribution in [2.24, 2.45) is 0 Å². The third-order valence-electron chi connectivity index (χ3n) is 3.59. The van der Waals surface area contributed by atoms with Gasteiger partial charge in [-0.15, -0.1) is 10.2 Å². The highest BCUT2D eigenvalue weighted by Gasteiger charge is 2.30. The molecule has 0 bridgehead atoms. The van der Waals surface area contributed by atoms with Gasteiger partial charge in [-0.05, 0) is 37.1 Å². The molecule has 1 saturated carbocycles. The van der Waals surface area contributed by atoms with Crippen molar-refractivity contribution < 1.29 is 0 Å². The van der Waals surface area contributed by atoms with Crippen molar-refractivity contribution >= 4 is 11.8 Å². The Balaban J connectivity index is 1.62. The minimum atomic E-state index is 0.532. The van der Waals surface area contributed by atoms with Crippen LogP contribution in [0, 0.1) is 0 Å². The highest BCUT2D eigenvalue weighted by atomic mass is 32.2. The van der Waals surface area contributed by atoms with Crippen LogP contribution in [-0.4, -0.2) is 24.7 Å². The van der Waals surface area contributed by atoms with Crippen molar-refractivity contribution in [2.45, 2.75) is 29.8 Å². The second-order valence-electron chi connectivity index (χ2n) is 5.25. The summed E-state index contributed by atoms with van der Waals surface area (Å²) in [5.74, 6) is 1.75. The second kappa shape index (κ2) is 5.88. The van der Waals surface area contributed by atoms with E-state index in [0.29, 0.717) is 6.04 Å². The Hall–Kier alpha value is -2.21. The molecule has 0 saturated heterocycles. The highest BCUT2D eigenvalue weighted by molar-refractivity contribution is 7.98. The Bertz CT molecular complexity index is 753. The lowest BCUT2D eigenvalue weighted by atomic mass is 10.2. The number of pyridine rings is 2. The quantitative estimate of drug-likeness (QED) is 0.676. The van der Waals surface area contributed by atoms with Gasteiger partial charge in [0, 0.05) is 35.9 Å². The lowest BCUT2D eigenvalue weighted by Crippen LogP contribution is -2.00. The van der Waals surface area contributed by atoms with Crippen LogP contribution in [-0.2, 0) is 5.75 Å². The van der Waals surface area contributed by atoms with E-state index in [2.05, 4.69) is 24.7 Å². The van der Waals surface area contributed by atoms with Crippen molar-refractivity contribution in [2.75, 3.05) is 0 Å². The van der Waals surface area contributed by atoms with Gasteiger partial charge in [0.2, 0.25) is 0 Å². The maximum Gasteiger partial charge on any atom is 0.192 e. The third kappa shape index (κ3) is 2.74. The van der Waals surface area contributed by atoms with Crippen LogP contribution in [0.3, 0.4) is 0 Å². The zero-order chi connectivity index (χ0) is 14.8. The van der Waals surface area contributed by atoms with Crippen LogP contribution >= 0.6 is 11.8 Å². The number of hydrogen-bond acceptors (Lipinski definition) is 5. The topological polar surface area (TPSA) is 56.5 Å². The van der Waals surface area contributed by atoms with Crippen LogP contribution < -0.4 is 0 Å². The Labute approximate surface area is 132 Å². The van der Waals surface area contributed by atoms with Crippen LogP contribution in [0.2, 0.25) is 0 Å². The zero-order valence-corrected chi connectivity index (χ0v) is 12.8. The number of hydrogen-bond donors (Lipinski definition) is 0. The first kappa shape index (κ1) is 13.5. The minimum Gasteiger partial charge on any atom is -0.299 e. The zero-order valence-electron chi connectivity index (χ0n) is 12.0. The average molecular weight is 309 g/mol. The number of rotatable bonds is 5. The van der Waals surface area contributed by atoms with E-state index in [1.165, 1.54) is 12.8 Å². The summed E-state index contributed by atoms with van der Waals surface area (Å²) in [4.78, 5) is 8.44. The number of nitrogens with zero attached hydrogens (tertiary/aromatic N) is 5. The first-order valence-electron chi connectivity index (χ1n) is 7.30. The van der Waals surface area contributed by atoms with Gasteiger partial charge in [-0.25, -0.2) is 0 Å². The average Bonchev–Trinajstić information content (AvgIpc) is 3.34. The molecule has 1 fully saturated rings. The van der Waals surface area contributed by atoms with Crippen LogP contribution in [0.15, 0.2) is 54.1 Å². The fourth-order valence-corrected chi connectivity index (χ4v) is 3.28. The predicted octanol–water partition coefficient (Wildman–Crippen LogP) is 3.36. The van der Waals surface area contributed by atoms with E-state index >= 15 is 0 Å². The summed E-state index contributed by atoms with van der Waals surface area (Å²) < 4.78 is 2.27. The van der Waals surface area contributed by atoms with E-state index in [4.69, 9.17) is 0 Å². The molecular weight excluding hydrogens is 294 g/mol. The molecule has 0 aliphatic heterocycles. The SMILES string of the molecule is c1ccc(CSc2nnc(-c3ccncc3)n2C2CC2)nc1. The fourth-order valence-electron chi connectivity index (χ4n) is 2.36. The van der Waals surface area contributed by atoms with Gasteiger partial charge in [-0.1, -0.05) is 17.8 Å². The number of thioether (sulfide) groups is 1. The Morgan fingerprint density at radius 3 is 2.64 bits per heavy atom. The van der Waals surface area contributed by atoms with Gasteiger partial charge in [0.15, 0.2) is 11.0 Å². The van der Waals surface area contributed by atoms with Crippen molar-refractivity contribution in [3.05, 3.63) is 54.6 Å². The lowest BCUT2D eigenvalue weighted by Gasteiger charge is -2.08. The van der Waals surface area contributed by atoms with E-state index in [-0.39, 0.29) is 0 Å². The second-order valence-corrected chi connectivity index (χ2v) is 6.20. The van der Waals surface area contributed by atoms with E-state index in [1.807, 2.05) is 36.5 Å². The maximum absolute atomic E-state index is 4.40. The molecule has 0 radical (unpaired) electrons. The van der Waals surface area contributed by atoms with Crippen molar-refractivity contribution in [1.82, 2.24) is 24.7 Å². The van der Waals surface area contributed by atoms with Crippen molar-refractivity contribution in [3.63, 3.8) is 0 Å². The standard InChI is InChI=1S/C16H15N5S/c1-2-8-18-13(3-1)11-22-16-20-19-15(21(16)14-4-5-14)12-6-9-17-10-7-12/h1-3,6-10,14H,4-5,11H2. The normalized spacial score (nSPS) is 14.2. The fraction of sp³-hybridized carbons (Fsp3) is 0.250. The number of aromatic nitrogens is 5. The smallest absolute Gasteiger partial charge is 0.192 e. The molecular formula is C16H15N5S. The Morgan fingerprint density at radius 2 is 1.91 bits per heavy atom. The summed E-state index contributed by atoms with van der Waals surface area (Å²) >= 11 is 1.70. The van der Waals surface area contributed by atoms with Gasteiger partial charge in [0.1, 0.15) is 0 Å².